The van der Waals surface area contributed by atoms with E-state index in [1.165, 1.54) is 17.8 Å². The fourth-order valence-electron chi connectivity index (χ4n) is 3.64. The average molecular weight is 459 g/mol. The minimum absolute atomic E-state index is 0.0459. The van der Waals surface area contributed by atoms with E-state index in [-0.39, 0.29) is 17.8 Å². The Morgan fingerprint density at radius 2 is 1.64 bits per heavy atom. The van der Waals surface area contributed by atoms with E-state index < -0.39 is 5.25 Å². The Bertz CT molecular complexity index is 1240. The van der Waals surface area contributed by atoms with Gasteiger partial charge in [-0.3, -0.25) is 9.36 Å². The summed E-state index contributed by atoms with van der Waals surface area (Å²) in [6.07, 6.45) is 2.03. The van der Waals surface area contributed by atoms with E-state index in [0.29, 0.717) is 23.1 Å². The van der Waals surface area contributed by atoms with Crippen molar-refractivity contribution in [3.8, 4) is 11.4 Å². The Morgan fingerprint density at radius 3 is 2.33 bits per heavy atom. The molecule has 5 rings (SSSR count). The highest BCUT2D eigenvalue weighted by molar-refractivity contribution is 8.00. The first-order valence-electron chi connectivity index (χ1n) is 10.9. The van der Waals surface area contributed by atoms with Gasteiger partial charge in [-0.25, -0.2) is 4.39 Å². The largest absolute Gasteiger partial charge is 0.352 e. The number of amides is 1. The molecule has 1 N–H and O–H groups in total. The Kier molecular flexibility index (Phi) is 6.21. The molecule has 5 nitrogen and oxygen atoms in total. The zero-order chi connectivity index (χ0) is 22.6. The van der Waals surface area contributed by atoms with Gasteiger partial charge in [0.2, 0.25) is 5.91 Å². The number of thioether (sulfide) groups is 1. The van der Waals surface area contributed by atoms with E-state index in [0.717, 1.165) is 24.0 Å². The predicted molar refractivity (Wildman–Crippen MR) is 127 cm³/mol. The molecule has 4 aromatic rings. The Hall–Kier alpha value is -3.45. The first kappa shape index (κ1) is 21.4. The average Bonchev–Trinajstić information content (AvgIpc) is 3.58. The van der Waals surface area contributed by atoms with Gasteiger partial charge in [0, 0.05) is 6.04 Å². The van der Waals surface area contributed by atoms with E-state index in [2.05, 4.69) is 15.5 Å². The third kappa shape index (κ3) is 4.98. The molecule has 0 unspecified atom stereocenters. The van der Waals surface area contributed by atoms with Gasteiger partial charge in [-0.1, -0.05) is 84.6 Å². The number of hydrogen-bond donors (Lipinski definition) is 1. The number of halogens is 1. The number of rotatable bonds is 8. The highest BCUT2D eigenvalue weighted by atomic mass is 32.2. The standard InChI is InChI=1S/C26H23FN4OS/c27-22-14-8-7-13-21(22)24-29-30-26(31(24)17-18-9-3-1-4-10-18)33-23(19-11-5-2-6-12-19)25(32)28-20-15-16-20/h1-14,20,23H,15-17H2,(H,28,32)/t23-/m1/s1. The first-order valence-corrected chi connectivity index (χ1v) is 11.8. The lowest BCUT2D eigenvalue weighted by atomic mass is 10.1. The summed E-state index contributed by atoms with van der Waals surface area (Å²) in [6.45, 7) is 0.464. The van der Waals surface area contributed by atoms with Crippen molar-refractivity contribution in [1.82, 2.24) is 20.1 Å². The Balaban J connectivity index is 1.54. The van der Waals surface area contributed by atoms with Gasteiger partial charge in [-0.05, 0) is 36.1 Å². The highest BCUT2D eigenvalue weighted by Gasteiger charge is 2.31. The van der Waals surface area contributed by atoms with Crippen molar-refractivity contribution >= 4 is 17.7 Å². The summed E-state index contributed by atoms with van der Waals surface area (Å²) in [7, 11) is 0. The van der Waals surface area contributed by atoms with Crippen LogP contribution in [0, 0.1) is 5.82 Å². The van der Waals surface area contributed by atoms with Gasteiger partial charge >= 0.3 is 0 Å². The second-order valence-corrected chi connectivity index (χ2v) is 9.12. The Morgan fingerprint density at radius 1 is 0.970 bits per heavy atom. The lowest BCUT2D eigenvalue weighted by molar-refractivity contribution is -0.120. The first-order chi connectivity index (χ1) is 16.2. The van der Waals surface area contributed by atoms with Crippen molar-refractivity contribution in [2.75, 3.05) is 0 Å². The summed E-state index contributed by atoms with van der Waals surface area (Å²) in [6, 6.07) is 26.4. The number of nitrogens with one attached hydrogen (secondary N) is 1. The molecule has 1 atom stereocenters. The van der Waals surface area contributed by atoms with E-state index in [1.807, 2.05) is 65.2 Å². The molecule has 1 aliphatic carbocycles. The van der Waals surface area contributed by atoms with Crippen LogP contribution in [0.1, 0.15) is 29.2 Å². The summed E-state index contributed by atoms with van der Waals surface area (Å²) in [5.41, 5.74) is 2.31. The summed E-state index contributed by atoms with van der Waals surface area (Å²) in [4.78, 5) is 13.1. The molecule has 166 valence electrons. The van der Waals surface area contributed by atoms with Crippen LogP contribution in [0.15, 0.2) is 90.1 Å². The molecule has 1 heterocycles. The number of benzene rings is 3. The van der Waals surface area contributed by atoms with Gasteiger partial charge in [-0.2, -0.15) is 0 Å². The van der Waals surface area contributed by atoms with Crippen LogP contribution in [0.5, 0.6) is 0 Å². The summed E-state index contributed by atoms with van der Waals surface area (Å²) >= 11 is 1.34. The molecule has 0 saturated heterocycles. The smallest absolute Gasteiger partial charge is 0.238 e. The van der Waals surface area contributed by atoms with Crippen molar-refractivity contribution in [2.45, 2.75) is 35.8 Å². The molecule has 1 saturated carbocycles. The maximum absolute atomic E-state index is 14.7. The van der Waals surface area contributed by atoms with E-state index in [9.17, 15) is 9.18 Å². The minimum Gasteiger partial charge on any atom is -0.352 e. The van der Waals surface area contributed by atoms with Gasteiger partial charge in [0.05, 0.1) is 12.1 Å². The third-order valence-corrected chi connectivity index (χ3v) is 6.74. The molecule has 1 fully saturated rings. The van der Waals surface area contributed by atoms with Crippen LogP contribution in [-0.4, -0.2) is 26.7 Å². The highest BCUT2D eigenvalue weighted by Crippen LogP contribution is 2.37. The van der Waals surface area contributed by atoms with E-state index >= 15 is 0 Å². The minimum atomic E-state index is -0.487. The van der Waals surface area contributed by atoms with Gasteiger partial charge in [0.1, 0.15) is 11.1 Å². The molecular formula is C26H23FN4OS. The zero-order valence-electron chi connectivity index (χ0n) is 17.9. The maximum Gasteiger partial charge on any atom is 0.238 e. The zero-order valence-corrected chi connectivity index (χ0v) is 18.7. The third-order valence-electron chi connectivity index (χ3n) is 5.50. The molecule has 0 aliphatic heterocycles. The van der Waals surface area contributed by atoms with Crippen molar-refractivity contribution < 1.29 is 9.18 Å². The number of carbonyl (C=O) groups excluding carboxylic acids is 1. The van der Waals surface area contributed by atoms with Crippen LogP contribution in [0.25, 0.3) is 11.4 Å². The molecule has 0 spiro atoms. The molecule has 1 amide bonds. The van der Waals surface area contributed by atoms with Crippen LogP contribution in [-0.2, 0) is 11.3 Å². The maximum atomic E-state index is 14.7. The second-order valence-electron chi connectivity index (χ2n) is 8.05. The molecule has 33 heavy (non-hydrogen) atoms. The van der Waals surface area contributed by atoms with Crippen LogP contribution in [0.4, 0.5) is 4.39 Å². The van der Waals surface area contributed by atoms with Crippen molar-refractivity contribution in [3.05, 3.63) is 102 Å². The molecule has 1 aromatic heterocycles. The number of carbonyl (C=O) groups is 1. The molecule has 7 heteroatoms. The number of aromatic nitrogens is 3. The van der Waals surface area contributed by atoms with Crippen molar-refractivity contribution in [3.63, 3.8) is 0 Å². The van der Waals surface area contributed by atoms with Crippen molar-refractivity contribution in [2.24, 2.45) is 0 Å². The molecular weight excluding hydrogens is 435 g/mol. The lowest BCUT2D eigenvalue weighted by Gasteiger charge is -2.17. The van der Waals surface area contributed by atoms with E-state index in [1.54, 1.807) is 18.2 Å². The van der Waals surface area contributed by atoms with Gasteiger partial charge in [-0.15, -0.1) is 10.2 Å². The van der Waals surface area contributed by atoms with Crippen LogP contribution < -0.4 is 5.32 Å². The predicted octanol–water partition coefficient (Wildman–Crippen LogP) is 5.24. The van der Waals surface area contributed by atoms with Crippen molar-refractivity contribution in [1.29, 1.82) is 0 Å². The van der Waals surface area contributed by atoms with Gasteiger partial charge < -0.3 is 5.32 Å². The molecule has 0 bridgehead atoms. The summed E-state index contributed by atoms with van der Waals surface area (Å²) in [5.74, 6) is 0.0334. The summed E-state index contributed by atoms with van der Waals surface area (Å²) in [5, 5.41) is 11.9. The molecule has 3 aromatic carbocycles. The monoisotopic (exact) mass is 458 g/mol. The van der Waals surface area contributed by atoms with E-state index in [4.69, 9.17) is 0 Å². The number of hydrogen-bond acceptors (Lipinski definition) is 4. The van der Waals surface area contributed by atoms with Crippen LogP contribution in [0.2, 0.25) is 0 Å². The SMILES string of the molecule is O=C(NC1CC1)[C@H](Sc1nnc(-c2ccccc2F)n1Cc1ccccc1)c1ccccc1. The normalized spacial score (nSPS) is 14.1. The van der Waals surface area contributed by atoms with Gasteiger partial charge in [0.15, 0.2) is 11.0 Å². The summed E-state index contributed by atoms with van der Waals surface area (Å²) < 4.78 is 16.5. The quantitative estimate of drug-likeness (QED) is 0.367. The lowest BCUT2D eigenvalue weighted by Crippen LogP contribution is -2.30. The molecule has 1 aliphatic rings. The second kappa shape index (κ2) is 9.58. The molecule has 0 radical (unpaired) electrons. The van der Waals surface area contributed by atoms with Crippen LogP contribution in [0.3, 0.4) is 0 Å². The number of nitrogens with zero attached hydrogens (tertiary/aromatic N) is 3. The fourth-order valence-corrected chi connectivity index (χ4v) is 4.68. The topological polar surface area (TPSA) is 59.8 Å². The fraction of sp³-hybridized carbons (Fsp3) is 0.192. The van der Waals surface area contributed by atoms with Gasteiger partial charge in [0.25, 0.3) is 0 Å². The van der Waals surface area contributed by atoms with Crippen LogP contribution >= 0.6 is 11.8 Å². The Labute approximate surface area is 196 Å².